The highest BCUT2D eigenvalue weighted by Gasteiger charge is 2.25. The zero-order chi connectivity index (χ0) is 13.4. The molecule has 1 aliphatic heterocycles. The molecule has 19 heavy (non-hydrogen) atoms. The van der Waals surface area contributed by atoms with E-state index in [4.69, 9.17) is 0 Å². The largest absolute Gasteiger partial charge is 0.391 e. The van der Waals surface area contributed by atoms with Crippen molar-refractivity contribution < 1.29 is 9.90 Å². The number of aliphatic hydroxyl groups excluding tert-OH is 1. The Balaban J connectivity index is 1.91. The van der Waals surface area contributed by atoms with Gasteiger partial charge >= 0.3 is 0 Å². The van der Waals surface area contributed by atoms with Crippen molar-refractivity contribution in [1.29, 1.82) is 0 Å². The number of carbonyl (C=O) groups is 1. The van der Waals surface area contributed by atoms with Crippen molar-refractivity contribution in [3.8, 4) is 0 Å². The number of fused-ring (bicyclic) bond motifs is 1. The third-order valence-electron chi connectivity index (χ3n) is 3.51. The maximum atomic E-state index is 12.3. The molecule has 3 rings (SSSR count). The van der Waals surface area contributed by atoms with Crippen LogP contribution in [0.1, 0.15) is 23.7 Å². The highest BCUT2D eigenvalue weighted by atomic mass is 16.3. The average molecular weight is 260 g/mol. The molecule has 1 saturated heterocycles. The van der Waals surface area contributed by atoms with Crippen LogP contribution in [-0.2, 0) is 6.54 Å². The molecular formula is C13H16N4O2. The first-order valence-corrected chi connectivity index (χ1v) is 6.49. The number of rotatable bonds is 2. The standard InChI is InChI=1S/C13H16N4O2/c1-2-17-12-4-3-9(7-11(12)14-15-17)13(19)16-6-5-10(18)8-16/h3-4,7,10,18H,2,5-6,8H2,1H3. The van der Waals surface area contributed by atoms with E-state index in [9.17, 15) is 9.90 Å². The number of benzene rings is 1. The van der Waals surface area contributed by atoms with Crippen LogP contribution >= 0.6 is 0 Å². The lowest BCUT2D eigenvalue weighted by molar-refractivity contribution is 0.0765. The number of carbonyl (C=O) groups excluding carboxylic acids is 1. The Morgan fingerprint density at radius 3 is 3.05 bits per heavy atom. The zero-order valence-corrected chi connectivity index (χ0v) is 10.8. The number of hydrogen-bond donors (Lipinski definition) is 1. The van der Waals surface area contributed by atoms with Gasteiger partial charge in [0.25, 0.3) is 5.91 Å². The maximum Gasteiger partial charge on any atom is 0.254 e. The molecule has 0 aliphatic carbocycles. The minimum Gasteiger partial charge on any atom is -0.391 e. The fourth-order valence-corrected chi connectivity index (χ4v) is 2.45. The van der Waals surface area contributed by atoms with E-state index in [-0.39, 0.29) is 5.91 Å². The second-order valence-corrected chi connectivity index (χ2v) is 4.80. The number of aryl methyl sites for hydroxylation is 1. The summed E-state index contributed by atoms with van der Waals surface area (Å²) < 4.78 is 1.79. The SMILES string of the molecule is CCn1nnc2cc(C(=O)N3CCC(O)C3)ccc21. The molecule has 0 spiro atoms. The summed E-state index contributed by atoms with van der Waals surface area (Å²) in [6, 6.07) is 5.44. The maximum absolute atomic E-state index is 12.3. The Bertz CT molecular complexity index is 622. The van der Waals surface area contributed by atoms with Crippen LogP contribution < -0.4 is 0 Å². The molecule has 1 unspecified atom stereocenters. The molecule has 1 amide bonds. The predicted octanol–water partition coefficient (Wildman–Crippen LogP) is 0.658. The summed E-state index contributed by atoms with van der Waals surface area (Å²) >= 11 is 0. The lowest BCUT2D eigenvalue weighted by Gasteiger charge is -2.15. The van der Waals surface area contributed by atoms with Crippen molar-refractivity contribution in [3.05, 3.63) is 23.8 Å². The first kappa shape index (κ1) is 12.1. The van der Waals surface area contributed by atoms with Gasteiger partial charge in [0, 0.05) is 25.2 Å². The van der Waals surface area contributed by atoms with Crippen LogP contribution in [0.25, 0.3) is 11.0 Å². The van der Waals surface area contributed by atoms with E-state index in [2.05, 4.69) is 10.3 Å². The third-order valence-corrected chi connectivity index (χ3v) is 3.51. The molecular weight excluding hydrogens is 244 g/mol. The Morgan fingerprint density at radius 2 is 2.37 bits per heavy atom. The van der Waals surface area contributed by atoms with E-state index >= 15 is 0 Å². The van der Waals surface area contributed by atoms with Crippen molar-refractivity contribution >= 4 is 16.9 Å². The molecule has 1 fully saturated rings. The summed E-state index contributed by atoms with van der Waals surface area (Å²) in [6.45, 7) is 3.78. The van der Waals surface area contributed by atoms with Crippen LogP contribution in [0.5, 0.6) is 0 Å². The van der Waals surface area contributed by atoms with Gasteiger partial charge in [-0.1, -0.05) is 5.21 Å². The zero-order valence-electron chi connectivity index (χ0n) is 10.8. The van der Waals surface area contributed by atoms with Crippen molar-refractivity contribution in [1.82, 2.24) is 19.9 Å². The molecule has 0 saturated carbocycles. The summed E-state index contributed by atoms with van der Waals surface area (Å²) in [5, 5.41) is 17.6. The number of likely N-dealkylation sites (tertiary alicyclic amines) is 1. The number of aromatic nitrogens is 3. The fraction of sp³-hybridized carbons (Fsp3) is 0.462. The van der Waals surface area contributed by atoms with Gasteiger partial charge in [-0.05, 0) is 31.5 Å². The van der Waals surface area contributed by atoms with Crippen LogP contribution in [0.15, 0.2) is 18.2 Å². The topological polar surface area (TPSA) is 71.2 Å². The molecule has 0 bridgehead atoms. The van der Waals surface area contributed by atoms with E-state index < -0.39 is 6.10 Å². The van der Waals surface area contributed by atoms with Crippen LogP contribution in [0.3, 0.4) is 0 Å². The number of amides is 1. The van der Waals surface area contributed by atoms with E-state index in [1.165, 1.54) is 0 Å². The van der Waals surface area contributed by atoms with E-state index in [1.807, 2.05) is 13.0 Å². The predicted molar refractivity (Wildman–Crippen MR) is 69.7 cm³/mol. The lowest BCUT2D eigenvalue weighted by Crippen LogP contribution is -2.29. The van der Waals surface area contributed by atoms with E-state index in [0.717, 1.165) is 17.6 Å². The second-order valence-electron chi connectivity index (χ2n) is 4.80. The first-order chi connectivity index (χ1) is 9.19. The van der Waals surface area contributed by atoms with E-state index in [0.29, 0.717) is 25.1 Å². The van der Waals surface area contributed by atoms with Crippen LogP contribution in [-0.4, -0.2) is 50.1 Å². The summed E-state index contributed by atoms with van der Waals surface area (Å²) in [5.41, 5.74) is 2.26. The Labute approximate surface area is 110 Å². The molecule has 6 nitrogen and oxygen atoms in total. The molecule has 2 aromatic rings. The minimum atomic E-state index is -0.395. The van der Waals surface area contributed by atoms with Gasteiger partial charge in [0.15, 0.2) is 0 Å². The highest BCUT2D eigenvalue weighted by molar-refractivity contribution is 5.97. The fourth-order valence-electron chi connectivity index (χ4n) is 2.45. The number of aliphatic hydroxyl groups is 1. The van der Waals surface area contributed by atoms with E-state index in [1.54, 1.807) is 21.7 Å². The van der Waals surface area contributed by atoms with Gasteiger partial charge in [0.1, 0.15) is 5.52 Å². The Morgan fingerprint density at radius 1 is 1.53 bits per heavy atom. The third kappa shape index (κ3) is 2.08. The Hall–Kier alpha value is -1.95. The second kappa shape index (κ2) is 4.62. The molecule has 6 heteroatoms. The average Bonchev–Trinajstić information content (AvgIpc) is 3.03. The van der Waals surface area contributed by atoms with Crippen LogP contribution in [0.2, 0.25) is 0 Å². The molecule has 1 N–H and O–H groups in total. The van der Waals surface area contributed by atoms with Crippen molar-refractivity contribution in [2.75, 3.05) is 13.1 Å². The van der Waals surface area contributed by atoms with Crippen molar-refractivity contribution in [2.24, 2.45) is 0 Å². The van der Waals surface area contributed by atoms with Gasteiger partial charge in [0.2, 0.25) is 0 Å². The van der Waals surface area contributed by atoms with Gasteiger partial charge < -0.3 is 10.0 Å². The Kier molecular flexibility index (Phi) is 2.94. The number of nitrogens with zero attached hydrogens (tertiary/aromatic N) is 4. The normalized spacial score (nSPS) is 19.3. The smallest absolute Gasteiger partial charge is 0.254 e. The van der Waals surface area contributed by atoms with Crippen molar-refractivity contribution in [3.63, 3.8) is 0 Å². The molecule has 100 valence electrons. The van der Waals surface area contributed by atoms with Gasteiger partial charge in [-0.15, -0.1) is 5.10 Å². The van der Waals surface area contributed by atoms with Crippen LogP contribution in [0, 0.1) is 0 Å². The van der Waals surface area contributed by atoms with Crippen molar-refractivity contribution in [2.45, 2.75) is 26.0 Å². The summed E-state index contributed by atoms with van der Waals surface area (Å²) in [6.07, 6.45) is 0.258. The molecule has 1 aromatic carbocycles. The van der Waals surface area contributed by atoms with Gasteiger partial charge in [-0.3, -0.25) is 4.79 Å². The summed E-state index contributed by atoms with van der Waals surface area (Å²) in [5.74, 6) is -0.0514. The molecule has 1 aliphatic rings. The van der Waals surface area contributed by atoms with Gasteiger partial charge in [-0.2, -0.15) is 0 Å². The summed E-state index contributed by atoms with van der Waals surface area (Å²) in [7, 11) is 0. The highest BCUT2D eigenvalue weighted by Crippen LogP contribution is 2.17. The van der Waals surface area contributed by atoms with Crippen LogP contribution in [0.4, 0.5) is 0 Å². The van der Waals surface area contributed by atoms with Gasteiger partial charge in [0.05, 0.1) is 11.6 Å². The summed E-state index contributed by atoms with van der Waals surface area (Å²) in [4.78, 5) is 13.9. The first-order valence-electron chi connectivity index (χ1n) is 6.49. The van der Waals surface area contributed by atoms with Gasteiger partial charge in [-0.25, -0.2) is 4.68 Å². The quantitative estimate of drug-likeness (QED) is 0.861. The minimum absolute atomic E-state index is 0.0514. The molecule has 1 atom stereocenters. The molecule has 2 heterocycles. The monoisotopic (exact) mass is 260 g/mol. The molecule has 1 aromatic heterocycles. The lowest BCUT2D eigenvalue weighted by atomic mass is 10.1. The number of β-amino-alcohol motifs (C(OH)–C–C–N with tert-alkyl or cyclic N) is 1. The number of hydrogen-bond acceptors (Lipinski definition) is 4. The molecule has 0 radical (unpaired) electrons.